The number of carbonyl (C=O) groups is 2. The van der Waals surface area contributed by atoms with Crippen LogP contribution in [0.5, 0.6) is 0 Å². The van der Waals surface area contributed by atoms with Gasteiger partial charge in [-0.15, -0.1) is 11.8 Å². The van der Waals surface area contributed by atoms with Crippen molar-refractivity contribution < 1.29 is 9.59 Å². The molecule has 4 nitrogen and oxygen atoms in total. The number of anilines is 2. The van der Waals surface area contributed by atoms with Crippen LogP contribution in [0.25, 0.3) is 0 Å². The molecule has 1 unspecified atom stereocenters. The van der Waals surface area contributed by atoms with Crippen LogP contribution in [0.15, 0.2) is 108 Å². The number of halogens is 1. The fourth-order valence-corrected chi connectivity index (χ4v) is 4.57. The van der Waals surface area contributed by atoms with E-state index >= 15 is 0 Å². The van der Waals surface area contributed by atoms with E-state index in [-0.39, 0.29) is 11.8 Å². The van der Waals surface area contributed by atoms with Crippen molar-refractivity contribution in [1.82, 2.24) is 0 Å². The lowest BCUT2D eigenvalue weighted by molar-refractivity contribution is -0.115. The van der Waals surface area contributed by atoms with Crippen molar-refractivity contribution in [2.45, 2.75) is 17.1 Å². The number of rotatable bonds is 7. The van der Waals surface area contributed by atoms with E-state index < -0.39 is 5.25 Å². The normalized spacial score (nSPS) is 11.5. The number of carbonyl (C=O) groups excluding carboxylic acids is 2. The van der Waals surface area contributed by atoms with Gasteiger partial charge in [0.1, 0.15) is 5.25 Å². The minimum Gasteiger partial charge on any atom is -0.325 e. The van der Waals surface area contributed by atoms with E-state index in [0.717, 1.165) is 16.0 Å². The average molecular weight is 487 g/mol. The average Bonchev–Trinajstić information content (AvgIpc) is 2.85. The molecule has 0 radical (unpaired) electrons. The Bertz CT molecular complexity index is 1280. The summed E-state index contributed by atoms with van der Waals surface area (Å²) >= 11 is 7.41. The zero-order valence-corrected chi connectivity index (χ0v) is 20.1. The van der Waals surface area contributed by atoms with Gasteiger partial charge in [-0.2, -0.15) is 0 Å². The summed E-state index contributed by atoms with van der Waals surface area (Å²) in [6, 6.07) is 31.7. The van der Waals surface area contributed by atoms with Crippen LogP contribution in [-0.4, -0.2) is 11.8 Å². The van der Waals surface area contributed by atoms with Crippen LogP contribution < -0.4 is 10.6 Å². The van der Waals surface area contributed by atoms with Gasteiger partial charge in [-0.1, -0.05) is 60.1 Å². The molecule has 34 heavy (non-hydrogen) atoms. The fourth-order valence-electron chi connectivity index (χ4n) is 3.42. The lowest BCUT2D eigenvalue weighted by Gasteiger charge is -2.17. The molecular formula is C28H23ClN2O2S. The summed E-state index contributed by atoms with van der Waals surface area (Å²) in [5.74, 6) is -0.279. The zero-order valence-electron chi connectivity index (χ0n) is 18.5. The molecule has 2 amide bonds. The number of benzene rings is 4. The Hall–Kier alpha value is -3.54. The largest absolute Gasteiger partial charge is 0.325 e. The number of aryl methyl sites for hydroxylation is 1. The van der Waals surface area contributed by atoms with Gasteiger partial charge < -0.3 is 10.6 Å². The summed E-state index contributed by atoms with van der Waals surface area (Å²) < 4.78 is 0. The molecule has 1 atom stereocenters. The first-order valence-electron chi connectivity index (χ1n) is 10.7. The van der Waals surface area contributed by atoms with Gasteiger partial charge in [-0.05, 0) is 72.6 Å². The molecule has 4 rings (SSSR count). The molecule has 4 aromatic rings. The monoisotopic (exact) mass is 486 g/mol. The van der Waals surface area contributed by atoms with E-state index in [1.165, 1.54) is 11.8 Å². The van der Waals surface area contributed by atoms with Crippen LogP contribution in [0.2, 0.25) is 5.02 Å². The van der Waals surface area contributed by atoms with E-state index in [9.17, 15) is 9.59 Å². The van der Waals surface area contributed by atoms with Crippen LogP contribution in [0.1, 0.15) is 26.7 Å². The highest BCUT2D eigenvalue weighted by Gasteiger charge is 2.22. The molecule has 0 saturated carbocycles. The number of hydrogen-bond acceptors (Lipinski definition) is 3. The maximum Gasteiger partial charge on any atom is 0.255 e. The molecule has 2 N–H and O–H groups in total. The number of amides is 2. The summed E-state index contributed by atoms with van der Waals surface area (Å²) in [6.07, 6.45) is 0. The van der Waals surface area contributed by atoms with Gasteiger partial charge in [0.25, 0.3) is 5.91 Å². The van der Waals surface area contributed by atoms with Crippen molar-refractivity contribution in [3.05, 3.63) is 125 Å². The SMILES string of the molecule is Cc1ccccc1C(=O)Nc1ccc(SC(C(=O)Nc2ccc(Cl)cc2)c2ccccc2)cc1. The van der Waals surface area contributed by atoms with Gasteiger partial charge in [-0.3, -0.25) is 9.59 Å². The molecule has 0 aliphatic heterocycles. The zero-order chi connectivity index (χ0) is 23.9. The molecule has 6 heteroatoms. The number of nitrogens with one attached hydrogen (secondary N) is 2. The second-order valence-corrected chi connectivity index (χ2v) is 9.31. The molecule has 4 aromatic carbocycles. The molecule has 0 aliphatic rings. The van der Waals surface area contributed by atoms with E-state index in [1.54, 1.807) is 30.3 Å². The molecule has 0 saturated heterocycles. The quantitative estimate of drug-likeness (QED) is 0.268. The summed E-state index contributed by atoms with van der Waals surface area (Å²) in [7, 11) is 0. The maximum absolute atomic E-state index is 13.2. The first-order chi connectivity index (χ1) is 16.5. The Morgan fingerprint density at radius 2 is 1.32 bits per heavy atom. The van der Waals surface area contributed by atoms with Gasteiger partial charge in [0, 0.05) is 26.9 Å². The van der Waals surface area contributed by atoms with Gasteiger partial charge in [0.15, 0.2) is 0 Å². The highest BCUT2D eigenvalue weighted by atomic mass is 35.5. The fraction of sp³-hybridized carbons (Fsp3) is 0.0714. The smallest absolute Gasteiger partial charge is 0.255 e. The lowest BCUT2D eigenvalue weighted by Crippen LogP contribution is -2.19. The Kier molecular flexibility index (Phi) is 7.68. The second kappa shape index (κ2) is 11.1. The molecule has 0 bridgehead atoms. The number of hydrogen-bond donors (Lipinski definition) is 2. The Morgan fingerprint density at radius 1 is 0.735 bits per heavy atom. The first-order valence-corrected chi connectivity index (χ1v) is 12.0. The second-order valence-electron chi connectivity index (χ2n) is 7.70. The van der Waals surface area contributed by atoms with Crippen LogP contribution in [0, 0.1) is 6.92 Å². The van der Waals surface area contributed by atoms with Crippen LogP contribution in [0.3, 0.4) is 0 Å². The molecular weight excluding hydrogens is 464 g/mol. The van der Waals surface area contributed by atoms with Gasteiger partial charge >= 0.3 is 0 Å². The summed E-state index contributed by atoms with van der Waals surface area (Å²) in [4.78, 5) is 26.7. The van der Waals surface area contributed by atoms with Crippen LogP contribution >= 0.6 is 23.4 Å². The third-order valence-corrected chi connectivity index (χ3v) is 6.73. The van der Waals surface area contributed by atoms with Gasteiger partial charge in [0.05, 0.1) is 0 Å². The van der Waals surface area contributed by atoms with Crippen molar-refractivity contribution in [2.24, 2.45) is 0 Å². The predicted molar refractivity (Wildman–Crippen MR) is 141 cm³/mol. The topological polar surface area (TPSA) is 58.2 Å². The van der Waals surface area contributed by atoms with Crippen LogP contribution in [-0.2, 0) is 4.79 Å². The highest BCUT2D eigenvalue weighted by molar-refractivity contribution is 8.00. The Morgan fingerprint density at radius 3 is 2.00 bits per heavy atom. The van der Waals surface area contributed by atoms with E-state index in [4.69, 9.17) is 11.6 Å². The molecule has 0 aliphatic carbocycles. The lowest BCUT2D eigenvalue weighted by atomic mass is 10.1. The first kappa shape index (κ1) is 23.6. The molecule has 0 heterocycles. The Balaban J connectivity index is 1.49. The van der Waals surface area contributed by atoms with Crippen molar-refractivity contribution >= 4 is 46.6 Å². The van der Waals surface area contributed by atoms with E-state index in [0.29, 0.717) is 22.0 Å². The minimum atomic E-state index is -0.454. The van der Waals surface area contributed by atoms with Crippen LogP contribution in [0.4, 0.5) is 11.4 Å². The molecule has 0 fully saturated rings. The summed E-state index contributed by atoms with van der Waals surface area (Å²) in [5.41, 5.74) is 3.84. The molecule has 170 valence electrons. The minimum absolute atomic E-state index is 0.129. The van der Waals surface area contributed by atoms with Crippen molar-refractivity contribution in [3.8, 4) is 0 Å². The molecule has 0 aromatic heterocycles. The van der Waals surface area contributed by atoms with E-state index in [2.05, 4.69) is 10.6 Å². The van der Waals surface area contributed by atoms with Gasteiger partial charge in [-0.25, -0.2) is 0 Å². The van der Waals surface area contributed by atoms with Crippen molar-refractivity contribution in [1.29, 1.82) is 0 Å². The number of thioether (sulfide) groups is 1. The predicted octanol–water partition coefficient (Wildman–Crippen LogP) is 7.37. The summed E-state index contributed by atoms with van der Waals surface area (Å²) in [5, 5.41) is 6.06. The van der Waals surface area contributed by atoms with E-state index in [1.807, 2.05) is 79.7 Å². The van der Waals surface area contributed by atoms with Crippen molar-refractivity contribution in [3.63, 3.8) is 0 Å². The third kappa shape index (κ3) is 6.07. The van der Waals surface area contributed by atoms with Gasteiger partial charge in [0.2, 0.25) is 5.91 Å². The maximum atomic E-state index is 13.2. The molecule has 0 spiro atoms. The third-order valence-electron chi connectivity index (χ3n) is 5.21. The Labute approximate surface area is 208 Å². The summed E-state index contributed by atoms with van der Waals surface area (Å²) in [6.45, 7) is 1.91. The standard InChI is InChI=1S/C28H23ClN2O2S/c1-19-7-5-6-10-25(19)27(32)30-23-15-17-24(18-16-23)34-26(20-8-3-2-4-9-20)28(33)31-22-13-11-21(29)12-14-22/h2-18,26H,1H3,(H,30,32)(H,31,33). The van der Waals surface area contributed by atoms with Crippen molar-refractivity contribution in [2.75, 3.05) is 10.6 Å². The highest BCUT2D eigenvalue weighted by Crippen LogP contribution is 2.36.